The third-order valence-electron chi connectivity index (χ3n) is 9.01. The van der Waals surface area contributed by atoms with Crippen LogP contribution in [0.3, 0.4) is 0 Å². The smallest absolute Gasteiger partial charge is 0.184 e. The van der Waals surface area contributed by atoms with Gasteiger partial charge in [0, 0.05) is 23.5 Å². The maximum atomic E-state index is 6.73. The van der Waals surface area contributed by atoms with Crippen LogP contribution in [0.5, 0.6) is 0 Å². The first-order valence-corrected chi connectivity index (χ1v) is 19.8. The van der Waals surface area contributed by atoms with E-state index in [-0.39, 0.29) is 10.8 Å². The van der Waals surface area contributed by atoms with Crippen LogP contribution in [0.15, 0.2) is 16.8 Å². The third-order valence-corrected chi connectivity index (χ3v) is 11.1. The lowest BCUT2D eigenvalue weighted by atomic mass is 9.47. The molecule has 0 bridgehead atoms. The maximum absolute atomic E-state index is 6.73. The Bertz CT molecular complexity index is 768. The van der Waals surface area contributed by atoms with Crippen molar-refractivity contribution in [2.75, 3.05) is 13.7 Å². The molecule has 3 saturated carbocycles. The van der Waals surface area contributed by atoms with E-state index in [1.165, 1.54) is 44.2 Å². The normalized spacial score (nSPS) is 41.0. The molecule has 0 aromatic carbocycles. The minimum atomic E-state index is -1.58. The molecule has 182 valence electrons. The number of nitrogens with zero attached hydrogens (tertiary/aromatic N) is 1. The minimum absolute atomic E-state index is 0.224. The Morgan fingerprint density at radius 2 is 1.75 bits per heavy atom. The Kier molecular flexibility index (Phi) is 6.67. The lowest BCUT2D eigenvalue weighted by Crippen LogP contribution is -2.54. The quantitative estimate of drug-likeness (QED) is 0.235. The average Bonchev–Trinajstić information content (AvgIpc) is 3.01. The molecular weight excluding hydrogens is 430 g/mol. The molecule has 0 aliphatic heterocycles. The van der Waals surface area contributed by atoms with Crippen molar-refractivity contribution in [3.8, 4) is 0 Å². The van der Waals surface area contributed by atoms with E-state index in [4.69, 9.17) is 13.7 Å². The summed E-state index contributed by atoms with van der Waals surface area (Å²) in [6.45, 7) is 17.4. The van der Waals surface area contributed by atoms with Gasteiger partial charge >= 0.3 is 0 Å². The van der Waals surface area contributed by atoms with E-state index in [1.54, 1.807) is 12.7 Å². The zero-order chi connectivity index (χ0) is 23.4. The molecule has 4 nitrogen and oxygen atoms in total. The average molecular weight is 478 g/mol. The third kappa shape index (κ3) is 4.58. The van der Waals surface area contributed by atoms with E-state index in [0.29, 0.717) is 6.10 Å². The second-order valence-corrected chi connectivity index (χ2v) is 22.2. The minimum Gasteiger partial charge on any atom is -0.417 e. The summed E-state index contributed by atoms with van der Waals surface area (Å²) in [5, 5.41) is 4.50. The monoisotopic (exact) mass is 477 g/mol. The molecule has 0 aromatic heterocycles. The molecule has 4 aliphatic rings. The Morgan fingerprint density at radius 3 is 2.41 bits per heavy atom. The molecule has 0 radical (unpaired) electrons. The van der Waals surface area contributed by atoms with Gasteiger partial charge in [0.05, 0.1) is 5.71 Å². The molecule has 3 unspecified atom stereocenters. The van der Waals surface area contributed by atoms with E-state index in [9.17, 15) is 0 Å². The Hall–Kier alpha value is -0.436. The molecule has 0 amide bonds. The van der Waals surface area contributed by atoms with Crippen molar-refractivity contribution >= 4 is 22.3 Å². The molecule has 0 aromatic rings. The van der Waals surface area contributed by atoms with Crippen LogP contribution in [-0.2, 0) is 13.7 Å². The molecular formula is C26H47NO3Si2. The van der Waals surface area contributed by atoms with Gasteiger partial charge in [0.15, 0.2) is 16.6 Å². The van der Waals surface area contributed by atoms with Gasteiger partial charge in [-0.15, -0.1) is 0 Å². The molecule has 0 N–H and O–H groups in total. The van der Waals surface area contributed by atoms with Crippen LogP contribution in [-0.4, -0.2) is 42.2 Å². The molecule has 0 saturated heterocycles. The number of allylic oxidation sites excluding steroid dienone is 1. The summed E-state index contributed by atoms with van der Waals surface area (Å²) in [5.41, 5.74) is 3.45. The molecule has 0 heterocycles. The van der Waals surface area contributed by atoms with Crippen molar-refractivity contribution in [1.82, 2.24) is 0 Å². The van der Waals surface area contributed by atoms with Crippen molar-refractivity contribution in [3.05, 3.63) is 11.6 Å². The van der Waals surface area contributed by atoms with Gasteiger partial charge in [-0.05, 0) is 108 Å². The first-order chi connectivity index (χ1) is 14.9. The molecule has 3 fully saturated rings. The van der Waals surface area contributed by atoms with Crippen molar-refractivity contribution in [3.63, 3.8) is 0 Å². The van der Waals surface area contributed by atoms with Gasteiger partial charge in [-0.2, -0.15) is 0 Å². The molecule has 6 heteroatoms. The predicted octanol–water partition coefficient (Wildman–Crippen LogP) is 7.00. The van der Waals surface area contributed by atoms with Crippen LogP contribution in [0, 0.1) is 28.6 Å². The summed E-state index contributed by atoms with van der Waals surface area (Å²) in [6.07, 6.45) is 12.8. The van der Waals surface area contributed by atoms with Gasteiger partial charge in [-0.1, -0.05) is 23.7 Å². The fourth-order valence-corrected chi connectivity index (χ4v) is 9.58. The zero-order valence-electron chi connectivity index (χ0n) is 21.9. The second kappa shape index (κ2) is 8.65. The molecule has 32 heavy (non-hydrogen) atoms. The zero-order valence-corrected chi connectivity index (χ0v) is 23.9. The van der Waals surface area contributed by atoms with E-state index in [0.717, 1.165) is 37.2 Å². The van der Waals surface area contributed by atoms with Gasteiger partial charge in [0.25, 0.3) is 0 Å². The lowest BCUT2D eigenvalue weighted by Gasteiger charge is -2.58. The van der Waals surface area contributed by atoms with Gasteiger partial charge in [0.2, 0.25) is 0 Å². The van der Waals surface area contributed by atoms with Gasteiger partial charge in [-0.3, -0.25) is 0 Å². The van der Waals surface area contributed by atoms with E-state index in [1.807, 2.05) is 0 Å². The number of hydrogen-bond acceptors (Lipinski definition) is 4. The maximum Gasteiger partial charge on any atom is 0.184 e. The first-order valence-electron chi connectivity index (χ1n) is 13.0. The topological polar surface area (TPSA) is 40.0 Å². The van der Waals surface area contributed by atoms with Gasteiger partial charge < -0.3 is 13.7 Å². The van der Waals surface area contributed by atoms with Crippen molar-refractivity contribution in [2.45, 2.75) is 104 Å². The second-order valence-electron chi connectivity index (χ2n) is 13.2. The summed E-state index contributed by atoms with van der Waals surface area (Å²) < 4.78 is 13.3. The Balaban J connectivity index is 1.64. The van der Waals surface area contributed by atoms with Crippen LogP contribution < -0.4 is 0 Å². The summed E-state index contributed by atoms with van der Waals surface area (Å²) in [5.74, 6) is 2.22. The van der Waals surface area contributed by atoms with Crippen molar-refractivity contribution in [2.24, 2.45) is 33.7 Å². The largest absolute Gasteiger partial charge is 0.417 e. The fraction of sp³-hybridized carbons (Fsp3) is 0.885. The van der Waals surface area contributed by atoms with Crippen LogP contribution in [0.4, 0.5) is 0 Å². The van der Waals surface area contributed by atoms with Crippen LogP contribution >= 0.6 is 0 Å². The van der Waals surface area contributed by atoms with Crippen LogP contribution in [0.2, 0.25) is 39.3 Å². The summed E-state index contributed by atoms with van der Waals surface area (Å²) >= 11 is 0. The Labute approximate surface area is 198 Å². The standard InChI is InChI=1S/C26H47NO3Si2/c1-25-15-14-23-21(22(25)11-12-24(25)27-28-2)10-9-19-17-20(30-32(6,7)8)13-16-26(19,23)18-29-31(3,4)5/h9,20-23H,10-18H2,1-8H3/b27-24+/t20-,21?,22?,23?,25-,26+/m0/s1. The summed E-state index contributed by atoms with van der Waals surface area (Å²) in [4.78, 5) is 5.26. The fourth-order valence-electron chi connectivity index (χ4n) is 7.69. The number of oxime groups is 1. The SMILES string of the molecule is CO/N=C1\CCC2C3CC=C4C[C@@H](O[Si](C)(C)C)CC[C@]4(CO[Si](C)(C)C)C3CC[C@]12C. The molecule has 4 aliphatic carbocycles. The highest BCUT2D eigenvalue weighted by Crippen LogP contribution is 2.64. The van der Waals surface area contributed by atoms with E-state index < -0.39 is 16.6 Å². The van der Waals surface area contributed by atoms with E-state index in [2.05, 4.69) is 57.4 Å². The Morgan fingerprint density at radius 1 is 1.00 bits per heavy atom. The number of hydrogen-bond donors (Lipinski definition) is 0. The summed E-state index contributed by atoms with van der Waals surface area (Å²) in [6, 6.07) is 0. The first kappa shape index (κ1) is 24.7. The lowest BCUT2D eigenvalue weighted by molar-refractivity contribution is -0.0494. The van der Waals surface area contributed by atoms with Crippen molar-refractivity contribution in [1.29, 1.82) is 0 Å². The highest BCUT2D eigenvalue weighted by atomic mass is 28.4. The van der Waals surface area contributed by atoms with Crippen molar-refractivity contribution < 1.29 is 13.7 Å². The van der Waals surface area contributed by atoms with Crippen LogP contribution in [0.25, 0.3) is 0 Å². The summed E-state index contributed by atoms with van der Waals surface area (Å²) in [7, 11) is -1.41. The number of fused-ring (bicyclic) bond motifs is 5. The predicted molar refractivity (Wildman–Crippen MR) is 138 cm³/mol. The van der Waals surface area contributed by atoms with Gasteiger partial charge in [-0.25, -0.2) is 0 Å². The molecule has 6 atom stereocenters. The highest BCUT2D eigenvalue weighted by Gasteiger charge is 2.59. The van der Waals surface area contributed by atoms with Gasteiger partial charge in [0.1, 0.15) is 7.11 Å². The molecule has 0 spiro atoms. The highest BCUT2D eigenvalue weighted by molar-refractivity contribution is 6.70. The van der Waals surface area contributed by atoms with E-state index >= 15 is 0 Å². The molecule has 4 rings (SSSR count). The number of rotatable bonds is 6. The van der Waals surface area contributed by atoms with Crippen LogP contribution in [0.1, 0.15) is 58.3 Å².